The fraction of sp³-hybridized carbons (Fsp3) is 0.750. The number of amides is 1. The highest BCUT2D eigenvalue weighted by Gasteiger charge is 2.23. The van der Waals surface area contributed by atoms with Gasteiger partial charge in [-0.05, 0) is 11.3 Å². The molecule has 0 aromatic heterocycles. The lowest BCUT2D eigenvalue weighted by molar-refractivity contribution is -0.131. The van der Waals surface area contributed by atoms with Crippen molar-refractivity contribution >= 4 is 5.91 Å². The summed E-state index contributed by atoms with van der Waals surface area (Å²) in [6.45, 7) is 8.93. The van der Waals surface area contributed by atoms with Crippen molar-refractivity contribution in [3.63, 3.8) is 0 Å². The Morgan fingerprint density at radius 3 is 2.36 bits per heavy atom. The quantitative estimate of drug-likeness (QED) is 0.632. The van der Waals surface area contributed by atoms with Crippen molar-refractivity contribution < 1.29 is 4.79 Å². The van der Waals surface area contributed by atoms with Crippen LogP contribution in [0.4, 0.5) is 0 Å². The van der Waals surface area contributed by atoms with E-state index in [-0.39, 0.29) is 11.3 Å². The van der Waals surface area contributed by atoms with Crippen molar-refractivity contribution in [2.45, 2.75) is 34.1 Å². The monoisotopic (exact) mass is 195 g/mol. The molecule has 2 heteroatoms. The van der Waals surface area contributed by atoms with Crippen molar-refractivity contribution in [1.82, 2.24) is 4.90 Å². The number of nitrogens with zero attached hydrogens (tertiary/aromatic N) is 1. The summed E-state index contributed by atoms with van der Waals surface area (Å²) in [7, 11) is 1.75. The average Bonchev–Trinajstić information content (AvgIpc) is 2.02. The fourth-order valence-electron chi connectivity index (χ4n) is 0.949. The number of carbonyl (C=O) groups is 1. The highest BCUT2D eigenvalue weighted by Crippen LogP contribution is 2.28. The van der Waals surface area contributed by atoms with Gasteiger partial charge in [-0.15, -0.1) is 6.42 Å². The average molecular weight is 195 g/mol. The fourth-order valence-corrected chi connectivity index (χ4v) is 0.949. The second-order valence-electron chi connectivity index (χ2n) is 4.93. The Morgan fingerprint density at radius 1 is 1.50 bits per heavy atom. The molecule has 14 heavy (non-hydrogen) atoms. The van der Waals surface area contributed by atoms with Crippen molar-refractivity contribution in [3.8, 4) is 12.3 Å². The summed E-state index contributed by atoms with van der Waals surface area (Å²) in [4.78, 5) is 13.2. The second kappa shape index (κ2) is 5.05. The number of hydrogen-bond donors (Lipinski definition) is 0. The molecule has 0 heterocycles. The minimum Gasteiger partial charge on any atom is -0.335 e. The van der Waals surface area contributed by atoms with Gasteiger partial charge in [-0.3, -0.25) is 4.79 Å². The summed E-state index contributed by atoms with van der Waals surface area (Å²) in [6, 6.07) is 0. The van der Waals surface area contributed by atoms with E-state index in [1.165, 1.54) is 0 Å². The van der Waals surface area contributed by atoms with E-state index in [1.807, 2.05) is 0 Å². The predicted molar refractivity (Wildman–Crippen MR) is 59.7 cm³/mol. The smallest absolute Gasteiger partial charge is 0.223 e. The lowest BCUT2D eigenvalue weighted by atomic mass is 9.80. The highest BCUT2D eigenvalue weighted by molar-refractivity contribution is 5.76. The third kappa shape index (κ3) is 4.32. The van der Waals surface area contributed by atoms with Gasteiger partial charge in [0.25, 0.3) is 0 Å². The van der Waals surface area contributed by atoms with E-state index in [9.17, 15) is 4.79 Å². The third-order valence-corrected chi connectivity index (χ3v) is 2.71. The zero-order valence-electron chi connectivity index (χ0n) is 9.92. The summed E-state index contributed by atoms with van der Waals surface area (Å²) in [5.41, 5.74) is 0.173. The van der Waals surface area contributed by atoms with Crippen LogP contribution in [0.1, 0.15) is 34.1 Å². The van der Waals surface area contributed by atoms with Crippen LogP contribution in [-0.4, -0.2) is 24.4 Å². The van der Waals surface area contributed by atoms with Gasteiger partial charge < -0.3 is 4.90 Å². The molecule has 0 aliphatic heterocycles. The topological polar surface area (TPSA) is 20.3 Å². The van der Waals surface area contributed by atoms with Gasteiger partial charge in [-0.1, -0.05) is 33.6 Å². The Labute approximate surface area is 87.7 Å². The van der Waals surface area contributed by atoms with E-state index >= 15 is 0 Å². The van der Waals surface area contributed by atoms with E-state index in [1.54, 1.807) is 11.9 Å². The van der Waals surface area contributed by atoms with Gasteiger partial charge in [0.1, 0.15) is 0 Å². The molecule has 0 radical (unpaired) electrons. The molecule has 0 aromatic rings. The molecule has 0 saturated carbocycles. The molecule has 80 valence electrons. The minimum atomic E-state index is 0.130. The van der Waals surface area contributed by atoms with Gasteiger partial charge in [0.2, 0.25) is 5.91 Å². The number of terminal acetylenes is 1. The van der Waals surface area contributed by atoms with Crippen LogP contribution in [0.25, 0.3) is 0 Å². The van der Waals surface area contributed by atoms with Crippen LogP contribution in [0.5, 0.6) is 0 Å². The molecule has 0 aromatic carbocycles. The van der Waals surface area contributed by atoms with Gasteiger partial charge in [0, 0.05) is 13.5 Å². The molecule has 0 bridgehead atoms. The first-order valence-electron chi connectivity index (χ1n) is 4.96. The van der Waals surface area contributed by atoms with E-state index in [0.29, 0.717) is 18.9 Å². The Morgan fingerprint density at radius 2 is 2.00 bits per heavy atom. The first-order valence-corrected chi connectivity index (χ1v) is 4.96. The second-order valence-corrected chi connectivity index (χ2v) is 4.93. The van der Waals surface area contributed by atoms with Gasteiger partial charge >= 0.3 is 0 Å². The van der Waals surface area contributed by atoms with Gasteiger partial charge in [0.15, 0.2) is 0 Å². The molecule has 1 amide bonds. The Kier molecular flexibility index (Phi) is 4.70. The van der Waals surface area contributed by atoms with E-state index in [0.717, 1.165) is 0 Å². The maximum Gasteiger partial charge on any atom is 0.223 e. The molecule has 1 unspecified atom stereocenters. The van der Waals surface area contributed by atoms with Crippen LogP contribution in [-0.2, 0) is 4.79 Å². The molecule has 0 aliphatic rings. The predicted octanol–water partition coefficient (Wildman–Crippen LogP) is 2.15. The van der Waals surface area contributed by atoms with E-state index in [2.05, 4.69) is 33.6 Å². The van der Waals surface area contributed by atoms with Crippen LogP contribution in [0, 0.1) is 23.7 Å². The molecule has 0 fully saturated rings. The van der Waals surface area contributed by atoms with Crippen LogP contribution in [0.2, 0.25) is 0 Å². The van der Waals surface area contributed by atoms with Crippen LogP contribution in [0.3, 0.4) is 0 Å². The molecular weight excluding hydrogens is 174 g/mol. The first kappa shape index (κ1) is 13.0. The molecule has 0 spiro atoms. The zero-order chi connectivity index (χ0) is 11.4. The molecule has 0 rings (SSSR count). The number of hydrogen-bond acceptors (Lipinski definition) is 1. The number of rotatable bonds is 3. The van der Waals surface area contributed by atoms with Crippen LogP contribution < -0.4 is 0 Å². The minimum absolute atomic E-state index is 0.130. The lowest BCUT2D eigenvalue weighted by Crippen LogP contribution is -2.31. The normalized spacial score (nSPS) is 13.1. The third-order valence-electron chi connectivity index (χ3n) is 2.71. The maximum atomic E-state index is 11.6. The zero-order valence-corrected chi connectivity index (χ0v) is 9.92. The summed E-state index contributed by atoms with van der Waals surface area (Å²) in [5.74, 6) is 2.97. The summed E-state index contributed by atoms with van der Waals surface area (Å²) < 4.78 is 0. The Balaban J connectivity index is 4.14. The van der Waals surface area contributed by atoms with Crippen molar-refractivity contribution in [3.05, 3.63) is 0 Å². The SMILES string of the molecule is C#CCN(C)C(=O)CC(C)C(C)(C)C. The summed E-state index contributed by atoms with van der Waals surface area (Å²) >= 11 is 0. The largest absolute Gasteiger partial charge is 0.335 e. The molecule has 0 N–H and O–H groups in total. The molecule has 0 saturated heterocycles. The van der Waals surface area contributed by atoms with Gasteiger partial charge in [0.05, 0.1) is 6.54 Å². The molecule has 1 atom stereocenters. The molecular formula is C12H21NO. The standard InChI is InChI=1S/C12H21NO/c1-7-8-13(6)11(14)9-10(2)12(3,4)5/h1,10H,8-9H2,2-6H3. The molecule has 0 aliphatic carbocycles. The lowest BCUT2D eigenvalue weighted by Gasteiger charge is -2.28. The highest BCUT2D eigenvalue weighted by atomic mass is 16.2. The van der Waals surface area contributed by atoms with E-state index in [4.69, 9.17) is 6.42 Å². The Hall–Kier alpha value is -0.970. The van der Waals surface area contributed by atoms with Gasteiger partial charge in [-0.25, -0.2) is 0 Å². The maximum absolute atomic E-state index is 11.6. The Bertz CT molecular complexity index is 232. The van der Waals surface area contributed by atoms with E-state index < -0.39 is 0 Å². The van der Waals surface area contributed by atoms with Gasteiger partial charge in [-0.2, -0.15) is 0 Å². The molecule has 2 nitrogen and oxygen atoms in total. The van der Waals surface area contributed by atoms with Crippen molar-refractivity contribution in [2.75, 3.05) is 13.6 Å². The number of carbonyl (C=O) groups excluding carboxylic acids is 1. The summed E-state index contributed by atoms with van der Waals surface area (Å²) in [6.07, 6.45) is 5.71. The summed E-state index contributed by atoms with van der Waals surface area (Å²) in [5, 5.41) is 0. The van der Waals surface area contributed by atoms with Crippen LogP contribution in [0.15, 0.2) is 0 Å². The first-order chi connectivity index (χ1) is 6.29. The van der Waals surface area contributed by atoms with Crippen molar-refractivity contribution in [2.24, 2.45) is 11.3 Å². The van der Waals surface area contributed by atoms with Crippen molar-refractivity contribution in [1.29, 1.82) is 0 Å². The van der Waals surface area contributed by atoms with Crippen LogP contribution >= 0.6 is 0 Å².